The lowest BCUT2D eigenvalue weighted by atomic mass is 9.83. The van der Waals surface area contributed by atoms with Gasteiger partial charge in [0.05, 0.1) is 6.61 Å². The summed E-state index contributed by atoms with van der Waals surface area (Å²) in [6, 6.07) is 8.13. The minimum absolute atomic E-state index is 0.185. The van der Waals surface area contributed by atoms with Crippen molar-refractivity contribution in [2.75, 3.05) is 32.8 Å². The Balaban J connectivity index is 1.46. The number of nitrogens with zero attached hydrogens (tertiary/aromatic N) is 1. The third kappa shape index (κ3) is 7.58. The Kier molecular flexibility index (Phi) is 9.29. The fourth-order valence-corrected chi connectivity index (χ4v) is 5.00. The molecule has 1 aromatic carbocycles. The van der Waals surface area contributed by atoms with Crippen LogP contribution in [0.3, 0.4) is 0 Å². The van der Waals surface area contributed by atoms with Crippen molar-refractivity contribution in [2.45, 2.75) is 64.3 Å². The second-order valence-corrected chi connectivity index (χ2v) is 9.21. The van der Waals surface area contributed by atoms with Gasteiger partial charge < -0.3 is 15.0 Å². The van der Waals surface area contributed by atoms with E-state index in [0.29, 0.717) is 24.3 Å². The lowest BCUT2D eigenvalue weighted by Gasteiger charge is -2.39. The fourth-order valence-electron chi connectivity index (χ4n) is 4.87. The SMILES string of the molecule is CCOC[C@H]1CCCN(C[C@H]2CCCC[C@@H]2NC(=O)CCc2ccc(Cl)cc2)C1. The van der Waals surface area contributed by atoms with Crippen LogP contribution in [0, 0.1) is 11.8 Å². The van der Waals surface area contributed by atoms with E-state index >= 15 is 0 Å². The number of likely N-dealkylation sites (tertiary alicyclic amines) is 1. The van der Waals surface area contributed by atoms with Gasteiger partial charge in [0.2, 0.25) is 5.91 Å². The van der Waals surface area contributed by atoms with E-state index in [1.54, 1.807) is 0 Å². The van der Waals surface area contributed by atoms with Crippen molar-refractivity contribution in [2.24, 2.45) is 11.8 Å². The molecule has 0 aromatic heterocycles. The van der Waals surface area contributed by atoms with Crippen LogP contribution in [0.15, 0.2) is 24.3 Å². The quantitative estimate of drug-likeness (QED) is 0.629. The van der Waals surface area contributed by atoms with E-state index in [-0.39, 0.29) is 5.91 Å². The molecule has 3 atom stereocenters. The molecule has 0 spiro atoms. The van der Waals surface area contributed by atoms with E-state index in [2.05, 4.69) is 17.1 Å². The van der Waals surface area contributed by atoms with E-state index in [9.17, 15) is 4.79 Å². The number of carbonyl (C=O) groups excluding carboxylic acids is 1. The fraction of sp³-hybridized carbons (Fsp3) is 0.708. The highest BCUT2D eigenvalue weighted by Gasteiger charge is 2.30. The first-order chi connectivity index (χ1) is 14.1. The summed E-state index contributed by atoms with van der Waals surface area (Å²) in [5.74, 6) is 1.43. The molecular formula is C24H37ClN2O2. The molecule has 162 valence electrons. The van der Waals surface area contributed by atoms with Crippen LogP contribution in [0.2, 0.25) is 5.02 Å². The van der Waals surface area contributed by atoms with E-state index in [1.165, 1.54) is 44.2 Å². The zero-order valence-electron chi connectivity index (χ0n) is 17.9. The average Bonchev–Trinajstić information content (AvgIpc) is 2.73. The first-order valence-corrected chi connectivity index (χ1v) is 11.9. The molecular weight excluding hydrogens is 384 g/mol. The van der Waals surface area contributed by atoms with Crippen molar-refractivity contribution in [3.8, 4) is 0 Å². The maximum atomic E-state index is 12.6. The summed E-state index contributed by atoms with van der Waals surface area (Å²) in [6.07, 6.45) is 8.73. The van der Waals surface area contributed by atoms with Gasteiger partial charge in [-0.05, 0) is 75.1 Å². The molecule has 1 saturated heterocycles. The van der Waals surface area contributed by atoms with Crippen LogP contribution in [0.1, 0.15) is 57.4 Å². The van der Waals surface area contributed by atoms with Gasteiger partial charge in [0.15, 0.2) is 0 Å². The number of amides is 1. The molecule has 0 unspecified atom stereocenters. The summed E-state index contributed by atoms with van der Waals surface area (Å²) >= 11 is 5.94. The van der Waals surface area contributed by atoms with Crippen LogP contribution < -0.4 is 5.32 Å². The third-order valence-electron chi connectivity index (χ3n) is 6.46. The van der Waals surface area contributed by atoms with E-state index in [4.69, 9.17) is 16.3 Å². The van der Waals surface area contributed by atoms with Crippen LogP contribution in [-0.2, 0) is 16.0 Å². The van der Waals surface area contributed by atoms with Crippen LogP contribution in [0.4, 0.5) is 0 Å². The predicted octanol–water partition coefficient (Wildman–Crippen LogP) is 4.70. The third-order valence-corrected chi connectivity index (χ3v) is 6.71. The number of nitrogens with one attached hydrogen (secondary N) is 1. The number of hydrogen-bond acceptors (Lipinski definition) is 3. The average molecular weight is 421 g/mol. The van der Waals surface area contributed by atoms with Gasteiger partial charge in [-0.15, -0.1) is 0 Å². The predicted molar refractivity (Wildman–Crippen MR) is 119 cm³/mol. The zero-order valence-corrected chi connectivity index (χ0v) is 18.6. The minimum Gasteiger partial charge on any atom is -0.381 e. The van der Waals surface area contributed by atoms with Crippen molar-refractivity contribution in [1.82, 2.24) is 10.2 Å². The van der Waals surface area contributed by atoms with Gasteiger partial charge in [-0.1, -0.05) is 36.6 Å². The highest BCUT2D eigenvalue weighted by Crippen LogP contribution is 2.27. The lowest BCUT2D eigenvalue weighted by molar-refractivity contribution is -0.122. The Morgan fingerprint density at radius 3 is 2.76 bits per heavy atom. The summed E-state index contributed by atoms with van der Waals surface area (Å²) in [6.45, 7) is 7.23. The topological polar surface area (TPSA) is 41.6 Å². The number of hydrogen-bond donors (Lipinski definition) is 1. The molecule has 1 aromatic rings. The van der Waals surface area contributed by atoms with Gasteiger partial charge in [-0.25, -0.2) is 0 Å². The van der Waals surface area contributed by atoms with Crippen molar-refractivity contribution < 1.29 is 9.53 Å². The first-order valence-electron chi connectivity index (χ1n) is 11.5. The monoisotopic (exact) mass is 420 g/mol. The van der Waals surface area contributed by atoms with Gasteiger partial charge in [0.1, 0.15) is 0 Å². The van der Waals surface area contributed by atoms with E-state index < -0.39 is 0 Å². The van der Waals surface area contributed by atoms with Crippen molar-refractivity contribution >= 4 is 17.5 Å². The number of ether oxygens (including phenoxy) is 1. The van der Waals surface area contributed by atoms with Crippen molar-refractivity contribution in [3.63, 3.8) is 0 Å². The number of aryl methyl sites for hydroxylation is 1. The largest absolute Gasteiger partial charge is 0.381 e. The highest BCUT2D eigenvalue weighted by molar-refractivity contribution is 6.30. The molecule has 3 rings (SSSR count). The standard InChI is InChI=1S/C24H37ClN2O2/c1-2-29-18-20-6-5-15-27(16-20)17-21-7-3-4-8-23(21)26-24(28)14-11-19-9-12-22(25)13-10-19/h9-10,12-13,20-21,23H,2-8,11,14-18H2,1H3,(H,26,28)/t20-,21+,23-/m0/s1. The Hall–Kier alpha value is -1.10. The molecule has 29 heavy (non-hydrogen) atoms. The maximum absolute atomic E-state index is 12.6. The Morgan fingerprint density at radius 2 is 1.97 bits per heavy atom. The molecule has 1 N–H and O–H groups in total. The minimum atomic E-state index is 0.185. The molecule has 0 bridgehead atoms. The first kappa shape index (κ1) is 22.6. The van der Waals surface area contributed by atoms with E-state index in [0.717, 1.165) is 44.2 Å². The second kappa shape index (κ2) is 11.9. The molecule has 5 heteroatoms. The van der Waals surface area contributed by atoms with Crippen LogP contribution in [0.5, 0.6) is 0 Å². The lowest BCUT2D eigenvalue weighted by Crippen LogP contribution is -2.48. The number of rotatable bonds is 9. The van der Waals surface area contributed by atoms with Crippen molar-refractivity contribution in [1.29, 1.82) is 0 Å². The summed E-state index contributed by atoms with van der Waals surface area (Å²) in [5, 5.41) is 4.11. The van der Waals surface area contributed by atoms with Gasteiger partial charge in [-0.3, -0.25) is 4.79 Å². The molecule has 4 nitrogen and oxygen atoms in total. The van der Waals surface area contributed by atoms with Gasteiger partial charge in [0, 0.05) is 37.2 Å². The number of carbonyl (C=O) groups is 1. The van der Waals surface area contributed by atoms with Crippen LogP contribution in [-0.4, -0.2) is 49.7 Å². The number of piperidine rings is 1. The number of halogens is 1. The van der Waals surface area contributed by atoms with Crippen LogP contribution >= 0.6 is 11.6 Å². The van der Waals surface area contributed by atoms with Gasteiger partial charge in [0.25, 0.3) is 0 Å². The Labute approximate surface area is 181 Å². The summed E-state index contributed by atoms with van der Waals surface area (Å²) in [7, 11) is 0. The Morgan fingerprint density at radius 1 is 1.17 bits per heavy atom. The molecule has 2 aliphatic rings. The van der Waals surface area contributed by atoms with Gasteiger partial charge in [-0.2, -0.15) is 0 Å². The van der Waals surface area contributed by atoms with Gasteiger partial charge >= 0.3 is 0 Å². The zero-order chi connectivity index (χ0) is 20.5. The summed E-state index contributed by atoms with van der Waals surface area (Å²) < 4.78 is 5.66. The summed E-state index contributed by atoms with van der Waals surface area (Å²) in [5.41, 5.74) is 1.17. The highest BCUT2D eigenvalue weighted by atomic mass is 35.5. The molecule has 0 radical (unpaired) electrons. The second-order valence-electron chi connectivity index (χ2n) is 8.77. The van der Waals surface area contributed by atoms with Crippen LogP contribution in [0.25, 0.3) is 0 Å². The smallest absolute Gasteiger partial charge is 0.220 e. The van der Waals surface area contributed by atoms with Crippen molar-refractivity contribution in [3.05, 3.63) is 34.9 Å². The molecule has 1 amide bonds. The molecule has 1 aliphatic carbocycles. The molecule has 2 fully saturated rings. The summed E-state index contributed by atoms with van der Waals surface area (Å²) in [4.78, 5) is 15.2. The molecule has 1 aliphatic heterocycles. The molecule has 1 saturated carbocycles. The van der Waals surface area contributed by atoms with E-state index in [1.807, 2.05) is 24.3 Å². The molecule has 1 heterocycles. The Bertz CT molecular complexity index is 622. The maximum Gasteiger partial charge on any atom is 0.220 e. The normalized spacial score (nSPS) is 25.7. The number of benzene rings is 1.